The predicted molar refractivity (Wildman–Crippen MR) is 81.2 cm³/mol. The summed E-state index contributed by atoms with van der Waals surface area (Å²) in [5.41, 5.74) is 5.18. The molecule has 1 unspecified atom stereocenters. The summed E-state index contributed by atoms with van der Waals surface area (Å²) in [6.07, 6.45) is 6.87. The van der Waals surface area contributed by atoms with Crippen LogP contribution in [0.5, 0.6) is 11.5 Å². The number of ether oxygens (including phenoxy) is 2. The van der Waals surface area contributed by atoms with Crippen LogP contribution in [0.25, 0.3) is 0 Å². The monoisotopic (exact) mass is 296 g/mol. The summed E-state index contributed by atoms with van der Waals surface area (Å²) in [6, 6.07) is 3.76. The normalized spacial score (nSPS) is 16.5. The van der Waals surface area contributed by atoms with Crippen molar-refractivity contribution in [2.24, 2.45) is 5.84 Å². The van der Waals surface area contributed by atoms with E-state index in [-0.39, 0.29) is 6.04 Å². The number of hydrazine groups is 1. The van der Waals surface area contributed by atoms with Gasteiger partial charge >= 0.3 is 0 Å². The molecule has 1 aliphatic rings. The van der Waals surface area contributed by atoms with E-state index in [1.807, 2.05) is 12.1 Å². The van der Waals surface area contributed by atoms with Gasteiger partial charge in [-0.25, -0.2) is 5.43 Å². The Hall–Kier alpha value is -1.23. The Morgan fingerprint density at radius 3 is 2.60 bits per heavy atom. The highest BCUT2D eigenvalue weighted by molar-refractivity contribution is 6.32. The van der Waals surface area contributed by atoms with Crippen molar-refractivity contribution >= 4 is 11.6 Å². The molecule has 0 bridgehead atoms. The van der Waals surface area contributed by atoms with Crippen LogP contribution in [0, 0.1) is 0 Å². The van der Waals surface area contributed by atoms with Crippen LogP contribution in [0.3, 0.4) is 0 Å². The Kier molecular flexibility index (Phi) is 5.29. The van der Waals surface area contributed by atoms with Gasteiger partial charge in [0.25, 0.3) is 0 Å². The first-order chi connectivity index (χ1) is 9.71. The lowest BCUT2D eigenvalue weighted by atomic mass is 9.90. The summed E-state index contributed by atoms with van der Waals surface area (Å²) in [6.45, 7) is 0. The highest BCUT2D eigenvalue weighted by Gasteiger charge is 2.20. The van der Waals surface area contributed by atoms with Crippen molar-refractivity contribution in [2.45, 2.75) is 31.7 Å². The Bertz CT molecular complexity index is 503. The van der Waals surface area contributed by atoms with Crippen LogP contribution in [-0.2, 0) is 0 Å². The maximum atomic E-state index is 6.26. The molecule has 0 saturated carbocycles. The second-order valence-corrected chi connectivity index (χ2v) is 5.27. The number of halogens is 1. The average Bonchev–Trinajstić information content (AvgIpc) is 2.48. The molecule has 110 valence electrons. The molecule has 2 rings (SSSR count). The van der Waals surface area contributed by atoms with Crippen LogP contribution in [0.4, 0.5) is 0 Å². The summed E-state index contributed by atoms with van der Waals surface area (Å²) in [7, 11) is 3.18. The summed E-state index contributed by atoms with van der Waals surface area (Å²) in [4.78, 5) is 0. The molecule has 0 fully saturated rings. The maximum absolute atomic E-state index is 6.26. The molecule has 0 radical (unpaired) electrons. The second-order valence-electron chi connectivity index (χ2n) is 4.86. The maximum Gasteiger partial charge on any atom is 0.179 e. The van der Waals surface area contributed by atoms with E-state index < -0.39 is 0 Å². The molecule has 0 heterocycles. The van der Waals surface area contributed by atoms with Gasteiger partial charge in [0, 0.05) is 0 Å². The first kappa shape index (κ1) is 15.2. The van der Waals surface area contributed by atoms with Gasteiger partial charge in [-0.05, 0) is 43.4 Å². The zero-order valence-corrected chi connectivity index (χ0v) is 12.7. The van der Waals surface area contributed by atoms with E-state index >= 15 is 0 Å². The van der Waals surface area contributed by atoms with Gasteiger partial charge in [0.05, 0.1) is 25.3 Å². The molecule has 0 aromatic heterocycles. The van der Waals surface area contributed by atoms with Crippen molar-refractivity contribution in [2.75, 3.05) is 14.2 Å². The van der Waals surface area contributed by atoms with E-state index in [1.54, 1.807) is 14.2 Å². The van der Waals surface area contributed by atoms with Crippen LogP contribution >= 0.6 is 11.6 Å². The standard InChI is InChI=1S/C15H21ClN2O2/c1-19-13-9-11(8-12(16)15(13)20-2)14(18-17)10-6-4-3-5-7-10/h6,8-9,14,18H,3-5,7,17H2,1-2H3. The third kappa shape index (κ3) is 3.08. The minimum absolute atomic E-state index is 0.0346. The van der Waals surface area contributed by atoms with Crippen LogP contribution in [-0.4, -0.2) is 14.2 Å². The fourth-order valence-corrected chi connectivity index (χ4v) is 2.94. The Balaban J connectivity index is 2.39. The molecule has 20 heavy (non-hydrogen) atoms. The van der Waals surface area contributed by atoms with Crippen molar-refractivity contribution in [1.82, 2.24) is 5.43 Å². The zero-order valence-electron chi connectivity index (χ0n) is 11.9. The van der Waals surface area contributed by atoms with E-state index in [4.69, 9.17) is 26.9 Å². The lowest BCUT2D eigenvalue weighted by Gasteiger charge is -2.24. The first-order valence-corrected chi connectivity index (χ1v) is 7.15. The average molecular weight is 297 g/mol. The molecule has 0 amide bonds. The van der Waals surface area contributed by atoms with E-state index in [1.165, 1.54) is 18.4 Å². The number of rotatable bonds is 5. The fraction of sp³-hybridized carbons (Fsp3) is 0.467. The molecule has 0 spiro atoms. The summed E-state index contributed by atoms with van der Waals surface area (Å²) in [5, 5.41) is 0.526. The third-order valence-corrected chi connectivity index (χ3v) is 3.93. The van der Waals surface area contributed by atoms with Gasteiger partial charge in [-0.15, -0.1) is 0 Å². The molecule has 1 aromatic carbocycles. The van der Waals surface area contributed by atoms with E-state index in [9.17, 15) is 0 Å². The Morgan fingerprint density at radius 1 is 1.25 bits per heavy atom. The number of hydrogen-bond donors (Lipinski definition) is 2. The number of benzene rings is 1. The molecule has 4 nitrogen and oxygen atoms in total. The smallest absolute Gasteiger partial charge is 0.179 e. The van der Waals surface area contributed by atoms with E-state index in [0.29, 0.717) is 16.5 Å². The van der Waals surface area contributed by atoms with Gasteiger partial charge in [-0.1, -0.05) is 23.3 Å². The second kappa shape index (κ2) is 6.97. The van der Waals surface area contributed by atoms with E-state index in [0.717, 1.165) is 18.4 Å². The quantitative estimate of drug-likeness (QED) is 0.497. The topological polar surface area (TPSA) is 56.5 Å². The molecular formula is C15H21ClN2O2. The number of nitrogens with one attached hydrogen (secondary N) is 1. The highest BCUT2D eigenvalue weighted by Crippen LogP contribution is 2.39. The van der Waals surface area contributed by atoms with Crippen molar-refractivity contribution in [3.8, 4) is 11.5 Å². The number of hydrogen-bond acceptors (Lipinski definition) is 4. The van der Waals surface area contributed by atoms with Crippen LogP contribution in [0.1, 0.15) is 37.3 Å². The number of methoxy groups -OCH3 is 2. The molecule has 0 aliphatic heterocycles. The van der Waals surface area contributed by atoms with Crippen LogP contribution < -0.4 is 20.7 Å². The van der Waals surface area contributed by atoms with Crippen molar-refractivity contribution in [3.05, 3.63) is 34.4 Å². The van der Waals surface area contributed by atoms with Gasteiger partial charge in [-0.3, -0.25) is 5.84 Å². The minimum Gasteiger partial charge on any atom is -0.493 e. The fourth-order valence-electron chi connectivity index (χ4n) is 2.65. The van der Waals surface area contributed by atoms with Gasteiger partial charge in [-0.2, -0.15) is 0 Å². The molecule has 1 aliphatic carbocycles. The molecule has 1 aromatic rings. The van der Waals surface area contributed by atoms with Crippen LogP contribution in [0.2, 0.25) is 5.02 Å². The van der Waals surface area contributed by atoms with Gasteiger partial charge in [0.15, 0.2) is 11.5 Å². The molecule has 3 N–H and O–H groups in total. The zero-order chi connectivity index (χ0) is 14.5. The summed E-state index contributed by atoms with van der Waals surface area (Å²) >= 11 is 6.26. The van der Waals surface area contributed by atoms with E-state index in [2.05, 4.69) is 11.5 Å². The first-order valence-electron chi connectivity index (χ1n) is 6.77. The third-order valence-electron chi connectivity index (χ3n) is 3.65. The predicted octanol–water partition coefficient (Wildman–Crippen LogP) is 3.36. The molecular weight excluding hydrogens is 276 g/mol. The highest BCUT2D eigenvalue weighted by atomic mass is 35.5. The lowest BCUT2D eigenvalue weighted by Crippen LogP contribution is -2.30. The van der Waals surface area contributed by atoms with Crippen molar-refractivity contribution < 1.29 is 9.47 Å². The van der Waals surface area contributed by atoms with Crippen molar-refractivity contribution in [3.63, 3.8) is 0 Å². The Labute approximate surface area is 124 Å². The van der Waals surface area contributed by atoms with Crippen LogP contribution in [0.15, 0.2) is 23.8 Å². The SMILES string of the molecule is COc1cc(C(NN)C2=CCCCC2)cc(Cl)c1OC. The van der Waals surface area contributed by atoms with Gasteiger partial charge < -0.3 is 9.47 Å². The lowest BCUT2D eigenvalue weighted by molar-refractivity contribution is 0.354. The summed E-state index contributed by atoms with van der Waals surface area (Å²) in [5.74, 6) is 6.91. The molecule has 1 atom stereocenters. The van der Waals surface area contributed by atoms with Gasteiger partial charge in [0.1, 0.15) is 0 Å². The number of nitrogens with two attached hydrogens (primary N) is 1. The number of allylic oxidation sites excluding steroid dienone is 1. The van der Waals surface area contributed by atoms with Crippen molar-refractivity contribution in [1.29, 1.82) is 0 Å². The molecule has 0 saturated heterocycles. The molecule has 5 heteroatoms. The van der Waals surface area contributed by atoms with Gasteiger partial charge in [0.2, 0.25) is 0 Å². The Morgan fingerprint density at radius 2 is 2.05 bits per heavy atom. The largest absolute Gasteiger partial charge is 0.493 e. The summed E-state index contributed by atoms with van der Waals surface area (Å²) < 4.78 is 10.6. The minimum atomic E-state index is -0.0346.